The quantitative estimate of drug-likeness (QED) is 0.571. The number of non-ortho nitro benzene ring substituents is 1. The number of nitro benzene ring substituents is 1. The topological polar surface area (TPSA) is 128 Å². The summed E-state index contributed by atoms with van der Waals surface area (Å²) in [6.45, 7) is 2.03. The maximum atomic E-state index is 12.3. The van der Waals surface area contributed by atoms with Crippen LogP contribution in [0.1, 0.15) is 17.3 Å². The second kappa shape index (κ2) is 7.73. The molecular formula is C15H15N3O6S. The van der Waals surface area contributed by atoms with Gasteiger partial charge in [0.2, 0.25) is 0 Å². The van der Waals surface area contributed by atoms with Gasteiger partial charge in [-0.05, 0) is 37.3 Å². The Balaban J connectivity index is 2.17. The van der Waals surface area contributed by atoms with Crippen LogP contribution in [-0.4, -0.2) is 25.9 Å². The van der Waals surface area contributed by atoms with E-state index in [1.165, 1.54) is 42.5 Å². The molecule has 10 heteroatoms. The molecule has 2 aromatic rings. The molecule has 0 aliphatic rings. The minimum absolute atomic E-state index is 0.208. The molecule has 25 heavy (non-hydrogen) atoms. The lowest BCUT2D eigenvalue weighted by Gasteiger charge is -2.09. The van der Waals surface area contributed by atoms with Crippen LogP contribution in [0.2, 0.25) is 0 Å². The van der Waals surface area contributed by atoms with Crippen LogP contribution < -0.4 is 10.2 Å². The molecule has 0 radical (unpaired) electrons. The van der Waals surface area contributed by atoms with E-state index in [1.54, 1.807) is 6.92 Å². The normalized spacial score (nSPS) is 10.9. The Kier molecular flexibility index (Phi) is 5.67. The van der Waals surface area contributed by atoms with Gasteiger partial charge in [-0.15, -0.1) is 0 Å². The third kappa shape index (κ3) is 4.75. The summed E-state index contributed by atoms with van der Waals surface area (Å²) in [5.41, 5.74) is 2.38. The molecular weight excluding hydrogens is 350 g/mol. The molecule has 0 aliphatic carbocycles. The molecule has 0 atom stereocenters. The molecule has 0 spiro atoms. The number of nitrogens with one attached hydrogen (secondary N) is 2. The summed E-state index contributed by atoms with van der Waals surface area (Å²) >= 11 is 0. The van der Waals surface area contributed by atoms with Crippen LogP contribution in [0.5, 0.6) is 0 Å². The third-order valence-corrected chi connectivity index (χ3v) is 4.43. The first-order chi connectivity index (χ1) is 11.8. The zero-order valence-corrected chi connectivity index (χ0v) is 13.9. The fourth-order valence-corrected chi connectivity index (χ4v) is 2.96. The molecule has 0 unspecified atom stereocenters. The van der Waals surface area contributed by atoms with Crippen LogP contribution in [0.4, 0.5) is 11.4 Å². The summed E-state index contributed by atoms with van der Waals surface area (Å²) in [6, 6.07) is 10.3. The molecule has 0 saturated carbocycles. The predicted molar refractivity (Wildman–Crippen MR) is 89.4 cm³/mol. The Hall–Kier alpha value is -2.98. The number of anilines is 1. The molecule has 2 rings (SSSR count). The zero-order valence-electron chi connectivity index (χ0n) is 13.1. The fourth-order valence-electron chi connectivity index (χ4n) is 1.86. The lowest BCUT2D eigenvalue weighted by Crippen LogP contribution is -2.23. The minimum Gasteiger partial charge on any atom is -0.280 e. The number of nitrogens with zero attached hydrogens (tertiary/aromatic N) is 1. The van der Waals surface area contributed by atoms with E-state index in [4.69, 9.17) is 4.84 Å². The van der Waals surface area contributed by atoms with Crippen LogP contribution in [0, 0.1) is 10.1 Å². The van der Waals surface area contributed by atoms with Gasteiger partial charge in [-0.2, -0.15) is 0 Å². The van der Waals surface area contributed by atoms with Crippen molar-refractivity contribution in [2.24, 2.45) is 0 Å². The second-order valence-electron chi connectivity index (χ2n) is 4.80. The number of nitro groups is 1. The third-order valence-electron chi connectivity index (χ3n) is 3.05. The number of hydrogen-bond acceptors (Lipinski definition) is 6. The number of sulfonamides is 1. The molecule has 1 amide bonds. The van der Waals surface area contributed by atoms with Gasteiger partial charge < -0.3 is 0 Å². The van der Waals surface area contributed by atoms with Gasteiger partial charge in [-0.1, -0.05) is 6.07 Å². The molecule has 0 aliphatic heterocycles. The van der Waals surface area contributed by atoms with Crippen molar-refractivity contribution < 1.29 is 23.0 Å². The average Bonchev–Trinajstić information content (AvgIpc) is 2.60. The Morgan fingerprint density at radius 1 is 1.20 bits per heavy atom. The molecule has 0 fully saturated rings. The summed E-state index contributed by atoms with van der Waals surface area (Å²) in [6.07, 6.45) is 0. The molecule has 0 bridgehead atoms. The van der Waals surface area contributed by atoms with E-state index in [-0.39, 0.29) is 21.8 Å². The monoisotopic (exact) mass is 365 g/mol. The van der Waals surface area contributed by atoms with Crippen molar-refractivity contribution in [2.75, 3.05) is 11.3 Å². The summed E-state index contributed by atoms with van der Waals surface area (Å²) in [5.74, 6) is -0.463. The number of benzene rings is 2. The predicted octanol–water partition coefficient (Wildman–Crippen LogP) is 2.08. The summed E-state index contributed by atoms with van der Waals surface area (Å²) in [7, 11) is -4.00. The molecule has 2 aromatic carbocycles. The molecule has 0 heterocycles. The van der Waals surface area contributed by atoms with Gasteiger partial charge in [0.05, 0.1) is 16.4 Å². The van der Waals surface area contributed by atoms with Crippen LogP contribution in [0.3, 0.4) is 0 Å². The maximum absolute atomic E-state index is 12.3. The highest BCUT2D eigenvalue weighted by atomic mass is 32.2. The van der Waals surface area contributed by atoms with E-state index in [9.17, 15) is 23.3 Å². The number of carbonyl (C=O) groups excluding carboxylic acids is 1. The van der Waals surface area contributed by atoms with Crippen LogP contribution in [0.25, 0.3) is 0 Å². The van der Waals surface area contributed by atoms with E-state index in [2.05, 4.69) is 10.2 Å². The highest BCUT2D eigenvalue weighted by molar-refractivity contribution is 7.92. The summed E-state index contributed by atoms with van der Waals surface area (Å²) in [5, 5.41) is 10.8. The first-order valence-corrected chi connectivity index (χ1v) is 8.61. The Morgan fingerprint density at radius 3 is 2.48 bits per heavy atom. The first kappa shape index (κ1) is 18.4. The van der Waals surface area contributed by atoms with Gasteiger partial charge in [0, 0.05) is 23.4 Å². The minimum atomic E-state index is -4.00. The van der Waals surface area contributed by atoms with Gasteiger partial charge in [-0.3, -0.25) is 24.5 Å². The van der Waals surface area contributed by atoms with Gasteiger partial charge in [0.25, 0.3) is 21.6 Å². The van der Waals surface area contributed by atoms with Crippen LogP contribution >= 0.6 is 0 Å². The molecule has 0 saturated heterocycles. The van der Waals surface area contributed by atoms with Gasteiger partial charge in [0.15, 0.2) is 0 Å². The first-order valence-electron chi connectivity index (χ1n) is 7.13. The number of rotatable bonds is 7. The lowest BCUT2D eigenvalue weighted by atomic mass is 10.2. The molecule has 132 valence electrons. The Bertz CT molecular complexity index is 880. The van der Waals surface area contributed by atoms with E-state index in [1.807, 2.05) is 0 Å². The summed E-state index contributed by atoms with van der Waals surface area (Å²) < 4.78 is 26.9. The van der Waals surface area contributed by atoms with E-state index < -0.39 is 20.9 Å². The fraction of sp³-hybridized carbons (Fsp3) is 0.133. The van der Waals surface area contributed by atoms with Gasteiger partial charge in [0.1, 0.15) is 0 Å². The van der Waals surface area contributed by atoms with E-state index in [0.29, 0.717) is 6.61 Å². The van der Waals surface area contributed by atoms with E-state index >= 15 is 0 Å². The summed E-state index contributed by atoms with van der Waals surface area (Å²) in [4.78, 5) is 26.3. The van der Waals surface area contributed by atoms with Crippen LogP contribution in [0.15, 0.2) is 53.4 Å². The average molecular weight is 365 g/mol. The Labute approximate surface area is 143 Å². The largest absolute Gasteiger partial charge is 0.280 e. The lowest BCUT2D eigenvalue weighted by molar-refractivity contribution is -0.385. The van der Waals surface area contributed by atoms with Crippen molar-refractivity contribution >= 4 is 27.3 Å². The van der Waals surface area contributed by atoms with Crippen molar-refractivity contribution in [2.45, 2.75) is 11.8 Å². The highest BCUT2D eigenvalue weighted by Crippen LogP contribution is 2.20. The van der Waals surface area contributed by atoms with Crippen molar-refractivity contribution in [3.05, 3.63) is 64.2 Å². The van der Waals surface area contributed by atoms with Crippen molar-refractivity contribution in [1.82, 2.24) is 5.48 Å². The zero-order chi connectivity index (χ0) is 18.4. The second-order valence-corrected chi connectivity index (χ2v) is 6.48. The van der Waals surface area contributed by atoms with Gasteiger partial charge in [-0.25, -0.2) is 13.9 Å². The number of hydroxylamine groups is 1. The Morgan fingerprint density at radius 2 is 1.88 bits per heavy atom. The number of hydrogen-bond donors (Lipinski definition) is 2. The highest BCUT2D eigenvalue weighted by Gasteiger charge is 2.18. The smallest absolute Gasteiger partial charge is 0.274 e. The maximum Gasteiger partial charge on any atom is 0.274 e. The standard InChI is InChI=1S/C15H15N3O6S/c1-2-24-16-15(19)11-6-8-12(9-7-11)17-25(22,23)14-5-3-4-13(10-14)18(20)21/h3-10,17H,2H2,1H3,(H,16,19). The van der Waals surface area contributed by atoms with Crippen molar-refractivity contribution in [1.29, 1.82) is 0 Å². The van der Waals surface area contributed by atoms with Crippen molar-refractivity contribution in [3.8, 4) is 0 Å². The molecule has 2 N–H and O–H groups in total. The van der Waals surface area contributed by atoms with Crippen LogP contribution in [-0.2, 0) is 14.9 Å². The number of carbonyl (C=O) groups is 1. The number of amides is 1. The molecule has 9 nitrogen and oxygen atoms in total. The van der Waals surface area contributed by atoms with Gasteiger partial charge >= 0.3 is 0 Å². The van der Waals surface area contributed by atoms with E-state index in [0.717, 1.165) is 6.07 Å². The molecule has 0 aromatic heterocycles. The SMILES string of the molecule is CCONC(=O)c1ccc(NS(=O)(=O)c2cccc([N+](=O)[O-])c2)cc1. The van der Waals surface area contributed by atoms with Crippen molar-refractivity contribution in [3.63, 3.8) is 0 Å².